The van der Waals surface area contributed by atoms with Crippen molar-refractivity contribution < 1.29 is 9.84 Å². The molecule has 0 bridgehead atoms. The van der Waals surface area contributed by atoms with Crippen LogP contribution in [-0.4, -0.2) is 17.3 Å². The zero-order valence-corrected chi connectivity index (χ0v) is 10.0. The molecule has 0 unspecified atom stereocenters. The van der Waals surface area contributed by atoms with Crippen molar-refractivity contribution in [3.63, 3.8) is 0 Å². The number of aliphatic hydroxyl groups is 1. The van der Waals surface area contributed by atoms with Gasteiger partial charge in [0, 0.05) is 0 Å². The average Bonchev–Trinajstić information content (AvgIpc) is 2.35. The fourth-order valence-corrected chi connectivity index (χ4v) is 2.17. The maximum absolute atomic E-state index is 9.86. The molecule has 0 aromatic heterocycles. The fourth-order valence-electron chi connectivity index (χ4n) is 2.17. The van der Waals surface area contributed by atoms with E-state index in [1.807, 2.05) is 13.0 Å². The van der Waals surface area contributed by atoms with Crippen LogP contribution in [0.1, 0.15) is 36.8 Å². The van der Waals surface area contributed by atoms with Gasteiger partial charge in [-0.05, 0) is 43.9 Å². The van der Waals surface area contributed by atoms with Gasteiger partial charge in [-0.3, -0.25) is 0 Å². The third-order valence-electron chi connectivity index (χ3n) is 3.26. The summed E-state index contributed by atoms with van der Waals surface area (Å²) in [4.78, 5) is 0. The van der Waals surface area contributed by atoms with Crippen molar-refractivity contribution in [3.8, 4) is 11.8 Å². The van der Waals surface area contributed by atoms with Crippen molar-refractivity contribution in [1.29, 1.82) is 5.26 Å². The van der Waals surface area contributed by atoms with Crippen LogP contribution >= 0.6 is 0 Å². The number of hydrogen-bond donors (Lipinski definition) is 1. The normalized spacial score (nSPS) is 24.1. The quantitative estimate of drug-likeness (QED) is 0.851. The van der Waals surface area contributed by atoms with E-state index < -0.39 is 0 Å². The summed E-state index contributed by atoms with van der Waals surface area (Å²) < 4.78 is 5.84. The lowest BCUT2D eigenvalue weighted by molar-refractivity contribution is 0.00653. The van der Waals surface area contributed by atoms with E-state index in [9.17, 15) is 5.11 Å². The van der Waals surface area contributed by atoms with Gasteiger partial charge in [0.15, 0.2) is 0 Å². The van der Waals surface area contributed by atoms with E-state index in [-0.39, 0.29) is 12.2 Å². The standard InChI is InChI=1S/C14H17NO2/c1-10-6-7-11(9-15)8-14(10)17-13-5-3-2-4-12(13)16/h6-8,12-13,16H,2-5H2,1H3/t12-,13-/m0/s1. The van der Waals surface area contributed by atoms with Gasteiger partial charge in [0.05, 0.1) is 17.7 Å². The van der Waals surface area contributed by atoms with Gasteiger partial charge >= 0.3 is 0 Å². The predicted molar refractivity (Wildman–Crippen MR) is 64.8 cm³/mol. The van der Waals surface area contributed by atoms with Crippen molar-refractivity contribution >= 4 is 0 Å². The minimum Gasteiger partial charge on any atom is -0.487 e. The number of hydrogen-bond acceptors (Lipinski definition) is 3. The van der Waals surface area contributed by atoms with E-state index in [1.165, 1.54) is 0 Å². The Balaban J connectivity index is 2.14. The molecule has 3 nitrogen and oxygen atoms in total. The van der Waals surface area contributed by atoms with Gasteiger partial charge in [-0.1, -0.05) is 12.5 Å². The molecule has 1 aliphatic rings. The van der Waals surface area contributed by atoms with E-state index in [0.29, 0.717) is 5.56 Å². The Labute approximate surface area is 102 Å². The SMILES string of the molecule is Cc1ccc(C#N)cc1O[C@H]1CCCC[C@@H]1O. The number of benzene rings is 1. The van der Waals surface area contributed by atoms with E-state index in [1.54, 1.807) is 12.1 Å². The lowest BCUT2D eigenvalue weighted by Gasteiger charge is -2.28. The first-order chi connectivity index (χ1) is 8.20. The van der Waals surface area contributed by atoms with Crippen molar-refractivity contribution in [2.45, 2.75) is 44.8 Å². The molecule has 0 radical (unpaired) electrons. The number of rotatable bonds is 2. The Morgan fingerprint density at radius 1 is 1.35 bits per heavy atom. The molecule has 3 heteroatoms. The molecule has 0 saturated heterocycles. The summed E-state index contributed by atoms with van der Waals surface area (Å²) in [7, 11) is 0. The molecule has 1 aromatic rings. The van der Waals surface area contributed by atoms with E-state index in [4.69, 9.17) is 10.00 Å². The van der Waals surface area contributed by atoms with Crippen molar-refractivity contribution in [2.24, 2.45) is 0 Å². The molecule has 90 valence electrons. The fraction of sp³-hybridized carbons (Fsp3) is 0.500. The van der Waals surface area contributed by atoms with Gasteiger partial charge in [0.2, 0.25) is 0 Å². The molecule has 0 amide bonds. The molecule has 0 heterocycles. The number of aryl methyl sites for hydroxylation is 1. The minimum atomic E-state index is -0.381. The van der Waals surface area contributed by atoms with E-state index >= 15 is 0 Å². The van der Waals surface area contributed by atoms with Crippen LogP contribution < -0.4 is 4.74 Å². The Morgan fingerprint density at radius 3 is 2.82 bits per heavy atom. The van der Waals surface area contributed by atoms with Crippen LogP contribution in [0.3, 0.4) is 0 Å². The Kier molecular flexibility index (Phi) is 3.65. The lowest BCUT2D eigenvalue weighted by Crippen LogP contribution is -2.34. The number of aliphatic hydroxyl groups excluding tert-OH is 1. The minimum absolute atomic E-state index is 0.128. The number of nitrogens with zero attached hydrogens (tertiary/aromatic N) is 1. The number of ether oxygens (including phenoxy) is 1. The van der Waals surface area contributed by atoms with Crippen LogP contribution in [0.4, 0.5) is 0 Å². The highest BCUT2D eigenvalue weighted by Crippen LogP contribution is 2.26. The highest BCUT2D eigenvalue weighted by Gasteiger charge is 2.25. The first-order valence-corrected chi connectivity index (χ1v) is 6.06. The molecule has 2 rings (SSSR count). The van der Waals surface area contributed by atoms with Gasteiger partial charge in [0.1, 0.15) is 11.9 Å². The summed E-state index contributed by atoms with van der Waals surface area (Å²) in [6.45, 7) is 1.95. The van der Waals surface area contributed by atoms with Gasteiger partial charge in [0.25, 0.3) is 0 Å². The number of nitriles is 1. The highest BCUT2D eigenvalue weighted by molar-refractivity contribution is 5.41. The van der Waals surface area contributed by atoms with Crippen molar-refractivity contribution in [3.05, 3.63) is 29.3 Å². The Hall–Kier alpha value is -1.53. The molecule has 1 fully saturated rings. The van der Waals surface area contributed by atoms with Gasteiger partial charge < -0.3 is 9.84 Å². The molecule has 1 saturated carbocycles. The molecular weight excluding hydrogens is 214 g/mol. The second kappa shape index (κ2) is 5.20. The lowest BCUT2D eigenvalue weighted by atomic mass is 9.95. The Morgan fingerprint density at radius 2 is 2.12 bits per heavy atom. The average molecular weight is 231 g/mol. The van der Waals surface area contributed by atoms with Crippen LogP contribution in [0.5, 0.6) is 5.75 Å². The molecule has 1 aliphatic carbocycles. The largest absolute Gasteiger partial charge is 0.487 e. The summed E-state index contributed by atoms with van der Waals surface area (Å²) in [6, 6.07) is 7.50. The molecule has 17 heavy (non-hydrogen) atoms. The van der Waals surface area contributed by atoms with E-state index in [2.05, 4.69) is 6.07 Å². The second-order valence-corrected chi connectivity index (χ2v) is 4.60. The smallest absolute Gasteiger partial charge is 0.124 e. The zero-order chi connectivity index (χ0) is 12.3. The topological polar surface area (TPSA) is 53.2 Å². The van der Waals surface area contributed by atoms with Crippen molar-refractivity contribution in [2.75, 3.05) is 0 Å². The molecule has 1 aromatic carbocycles. The van der Waals surface area contributed by atoms with Crippen LogP contribution in [0, 0.1) is 18.3 Å². The molecule has 0 aliphatic heterocycles. The highest BCUT2D eigenvalue weighted by atomic mass is 16.5. The molecular formula is C14H17NO2. The third-order valence-corrected chi connectivity index (χ3v) is 3.26. The van der Waals surface area contributed by atoms with Crippen LogP contribution in [0.25, 0.3) is 0 Å². The molecule has 0 spiro atoms. The maximum atomic E-state index is 9.86. The first-order valence-electron chi connectivity index (χ1n) is 6.06. The molecule has 2 atom stereocenters. The summed E-state index contributed by atoms with van der Waals surface area (Å²) in [5.74, 6) is 0.718. The summed E-state index contributed by atoms with van der Waals surface area (Å²) >= 11 is 0. The summed E-state index contributed by atoms with van der Waals surface area (Å²) in [5.41, 5.74) is 1.60. The molecule has 1 N–H and O–H groups in total. The van der Waals surface area contributed by atoms with E-state index in [0.717, 1.165) is 37.0 Å². The van der Waals surface area contributed by atoms with Gasteiger partial charge in [-0.25, -0.2) is 0 Å². The second-order valence-electron chi connectivity index (χ2n) is 4.60. The maximum Gasteiger partial charge on any atom is 0.124 e. The first kappa shape index (κ1) is 11.9. The summed E-state index contributed by atoms with van der Waals surface area (Å²) in [6.07, 6.45) is 3.35. The third kappa shape index (κ3) is 2.78. The Bertz CT molecular complexity index is 436. The van der Waals surface area contributed by atoms with Crippen LogP contribution in [0.15, 0.2) is 18.2 Å². The van der Waals surface area contributed by atoms with Crippen LogP contribution in [0.2, 0.25) is 0 Å². The monoisotopic (exact) mass is 231 g/mol. The predicted octanol–water partition coefficient (Wildman–Crippen LogP) is 2.55. The zero-order valence-electron chi connectivity index (χ0n) is 10.0. The van der Waals surface area contributed by atoms with Gasteiger partial charge in [-0.2, -0.15) is 5.26 Å². The van der Waals surface area contributed by atoms with Gasteiger partial charge in [-0.15, -0.1) is 0 Å². The van der Waals surface area contributed by atoms with Crippen LogP contribution in [-0.2, 0) is 0 Å². The summed E-state index contributed by atoms with van der Waals surface area (Å²) in [5, 5.41) is 18.7. The van der Waals surface area contributed by atoms with Crippen molar-refractivity contribution in [1.82, 2.24) is 0 Å².